The molecule has 5 nitrogen and oxygen atoms in total. The molecular formula is C18H12Cl2O5. The van der Waals surface area contributed by atoms with Crippen molar-refractivity contribution in [3.05, 3.63) is 69.2 Å². The monoisotopic (exact) mass is 378 g/mol. The number of carbonyl (C=O) groups is 2. The summed E-state index contributed by atoms with van der Waals surface area (Å²) in [5, 5.41) is 11.2. The van der Waals surface area contributed by atoms with Crippen LogP contribution >= 0.6 is 23.2 Å². The van der Waals surface area contributed by atoms with E-state index < -0.39 is 17.9 Å². The highest BCUT2D eigenvalue weighted by Crippen LogP contribution is 2.40. The fourth-order valence-corrected chi connectivity index (χ4v) is 3.03. The minimum Gasteiger partial charge on any atom is -0.507 e. The molecule has 1 N–H and O–H groups in total. The van der Waals surface area contributed by atoms with E-state index in [1.165, 1.54) is 13.2 Å². The number of ether oxygens (including phenoxy) is 2. The lowest BCUT2D eigenvalue weighted by atomic mass is 9.96. The van der Waals surface area contributed by atoms with Crippen LogP contribution in [-0.2, 0) is 14.3 Å². The molecule has 1 unspecified atom stereocenters. The minimum atomic E-state index is -1.10. The topological polar surface area (TPSA) is 72.8 Å². The van der Waals surface area contributed by atoms with Gasteiger partial charge in [0.25, 0.3) is 5.78 Å². The Bertz CT molecular complexity index is 887. The first-order valence-electron chi connectivity index (χ1n) is 7.20. The Morgan fingerprint density at radius 3 is 2.40 bits per heavy atom. The third-order valence-electron chi connectivity index (χ3n) is 3.78. The van der Waals surface area contributed by atoms with Gasteiger partial charge in [-0.15, -0.1) is 0 Å². The molecule has 0 bridgehead atoms. The van der Waals surface area contributed by atoms with Crippen LogP contribution in [0.4, 0.5) is 0 Å². The summed E-state index contributed by atoms with van der Waals surface area (Å²) in [6.07, 6.45) is -1.10. The van der Waals surface area contributed by atoms with Crippen molar-refractivity contribution in [3.8, 4) is 5.75 Å². The standard InChI is InChI=1S/C18H12Cl2O5/c1-24-11-5-2-9(3-6-11)15(21)14-16(22)18(23)25-17(14)12-7-4-10(19)8-13(12)20/h2-8,17,21H,1H3/b15-14+. The lowest BCUT2D eigenvalue weighted by molar-refractivity contribution is -0.149. The lowest BCUT2D eigenvalue weighted by Crippen LogP contribution is -2.08. The summed E-state index contributed by atoms with van der Waals surface area (Å²) >= 11 is 12.0. The smallest absolute Gasteiger partial charge is 0.380 e. The highest BCUT2D eigenvalue weighted by molar-refractivity contribution is 6.44. The number of methoxy groups -OCH3 is 1. The molecule has 3 rings (SSSR count). The van der Waals surface area contributed by atoms with Gasteiger partial charge in [0, 0.05) is 21.2 Å². The van der Waals surface area contributed by atoms with Crippen LogP contribution < -0.4 is 4.74 Å². The number of carbonyl (C=O) groups excluding carboxylic acids is 2. The lowest BCUT2D eigenvalue weighted by Gasteiger charge is -2.14. The molecule has 2 aromatic carbocycles. The van der Waals surface area contributed by atoms with Gasteiger partial charge in [-0.3, -0.25) is 4.79 Å². The van der Waals surface area contributed by atoms with Crippen LogP contribution in [-0.4, -0.2) is 24.0 Å². The number of cyclic esters (lactones) is 1. The van der Waals surface area contributed by atoms with Crippen molar-refractivity contribution in [1.82, 2.24) is 0 Å². The van der Waals surface area contributed by atoms with Crippen LogP contribution in [0.25, 0.3) is 5.76 Å². The number of halogens is 2. The number of benzene rings is 2. The van der Waals surface area contributed by atoms with E-state index in [-0.39, 0.29) is 16.4 Å². The van der Waals surface area contributed by atoms with E-state index in [9.17, 15) is 14.7 Å². The molecule has 1 aliphatic rings. The zero-order chi connectivity index (χ0) is 18.1. The molecule has 0 aliphatic carbocycles. The van der Waals surface area contributed by atoms with Gasteiger partial charge < -0.3 is 14.6 Å². The number of hydrogen-bond acceptors (Lipinski definition) is 5. The fourth-order valence-electron chi connectivity index (χ4n) is 2.52. The molecule has 1 heterocycles. The van der Waals surface area contributed by atoms with Crippen molar-refractivity contribution in [2.24, 2.45) is 0 Å². The fraction of sp³-hybridized carbons (Fsp3) is 0.111. The van der Waals surface area contributed by atoms with Crippen LogP contribution in [0.15, 0.2) is 48.0 Å². The van der Waals surface area contributed by atoms with Crippen molar-refractivity contribution in [2.75, 3.05) is 7.11 Å². The highest BCUT2D eigenvalue weighted by atomic mass is 35.5. The Morgan fingerprint density at radius 2 is 1.80 bits per heavy atom. The molecule has 0 saturated carbocycles. The normalized spacial score (nSPS) is 18.9. The summed E-state index contributed by atoms with van der Waals surface area (Å²) in [6, 6.07) is 11.0. The summed E-state index contributed by atoms with van der Waals surface area (Å²) in [7, 11) is 1.51. The quantitative estimate of drug-likeness (QED) is 0.376. The second kappa shape index (κ2) is 6.78. The predicted molar refractivity (Wildman–Crippen MR) is 92.8 cm³/mol. The molecule has 25 heavy (non-hydrogen) atoms. The molecule has 0 spiro atoms. The van der Waals surface area contributed by atoms with E-state index >= 15 is 0 Å². The van der Waals surface area contributed by atoms with Crippen molar-refractivity contribution < 1.29 is 24.2 Å². The molecule has 0 radical (unpaired) electrons. The van der Waals surface area contributed by atoms with Gasteiger partial charge in [0.1, 0.15) is 11.5 Å². The number of aliphatic hydroxyl groups excluding tert-OH is 1. The third-order valence-corrected chi connectivity index (χ3v) is 4.34. The van der Waals surface area contributed by atoms with Gasteiger partial charge in [0.15, 0.2) is 6.10 Å². The number of hydrogen-bond donors (Lipinski definition) is 1. The van der Waals surface area contributed by atoms with Gasteiger partial charge in [0.2, 0.25) is 0 Å². The summed E-state index contributed by atoms with van der Waals surface area (Å²) in [5.41, 5.74) is 0.539. The summed E-state index contributed by atoms with van der Waals surface area (Å²) < 4.78 is 10.2. The maximum atomic E-state index is 12.2. The highest BCUT2D eigenvalue weighted by Gasteiger charge is 2.43. The zero-order valence-electron chi connectivity index (χ0n) is 13.0. The average molecular weight is 379 g/mol. The van der Waals surface area contributed by atoms with Gasteiger partial charge >= 0.3 is 5.97 Å². The molecule has 0 aromatic heterocycles. The number of esters is 1. The predicted octanol–water partition coefficient (Wildman–Crippen LogP) is 4.14. The van der Waals surface area contributed by atoms with E-state index in [0.29, 0.717) is 21.9 Å². The Balaban J connectivity index is 2.11. The number of aliphatic hydroxyl groups is 1. The average Bonchev–Trinajstić information content (AvgIpc) is 2.89. The summed E-state index contributed by atoms with van der Waals surface area (Å²) in [6.45, 7) is 0. The van der Waals surface area contributed by atoms with Gasteiger partial charge in [0.05, 0.1) is 12.7 Å². The zero-order valence-corrected chi connectivity index (χ0v) is 14.5. The molecule has 1 fully saturated rings. The Morgan fingerprint density at radius 1 is 1.12 bits per heavy atom. The molecule has 0 amide bonds. The Kier molecular flexibility index (Phi) is 4.70. The molecule has 2 aromatic rings. The van der Waals surface area contributed by atoms with E-state index in [4.69, 9.17) is 32.7 Å². The van der Waals surface area contributed by atoms with E-state index in [2.05, 4.69) is 0 Å². The van der Waals surface area contributed by atoms with Gasteiger partial charge in [-0.05, 0) is 36.4 Å². The number of Topliss-reactive ketones (excluding diaryl/α,β-unsaturated/α-hetero) is 1. The van der Waals surface area contributed by atoms with Gasteiger partial charge in [-0.25, -0.2) is 4.79 Å². The number of rotatable bonds is 3. The second-order valence-electron chi connectivity index (χ2n) is 5.27. The second-order valence-corrected chi connectivity index (χ2v) is 6.11. The van der Waals surface area contributed by atoms with Crippen molar-refractivity contribution in [1.29, 1.82) is 0 Å². The minimum absolute atomic E-state index is 0.167. The first kappa shape index (κ1) is 17.3. The Labute approximate surface area is 153 Å². The Hall–Kier alpha value is -2.50. The molecule has 1 saturated heterocycles. The molecular weight excluding hydrogens is 367 g/mol. The van der Waals surface area contributed by atoms with Crippen molar-refractivity contribution >= 4 is 40.7 Å². The van der Waals surface area contributed by atoms with Crippen LogP contribution in [0.3, 0.4) is 0 Å². The van der Waals surface area contributed by atoms with E-state index in [1.807, 2.05) is 0 Å². The molecule has 1 aliphatic heterocycles. The summed E-state index contributed by atoms with van der Waals surface area (Å²) in [4.78, 5) is 24.0. The van der Waals surface area contributed by atoms with E-state index in [1.54, 1.807) is 36.4 Å². The molecule has 128 valence electrons. The molecule has 7 heteroatoms. The SMILES string of the molecule is COc1ccc(/C(O)=C2/C(=O)C(=O)OC2c2ccc(Cl)cc2Cl)cc1. The van der Waals surface area contributed by atoms with Crippen LogP contribution in [0.5, 0.6) is 5.75 Å². The van der Waals surface area contributed by atoms with Crippen molar-refractivity contribution in [2.45, 2.75) is 6.10 Å². The third kappa shape index (κ3) is 3.21. The first-order valence-corrected chi connectivity index (χ1v) is 7.95. The maximum absolute atomic E-state index is 12.2. The first-order chi connectivity index (χ1) is 11.9. The maximum Gasteiger partial charge on any atom is 0.380 e. The van der Waals surface area contributed by atoms with E-state index in [0.717, 1.165) is 0 Å². The summed E-state index contributed by atoms with van der Waals surface area (Å²) in [5.74, 6) is -1.73. The van der Waals surface area contributed by atoms with Gasteiger partial charge in [-0.1, -0.05) is 29.3 Å². The van der Waals surface area contributed by atoms with Gasteiger partial charge in [-0.2, -0.15) is 0 Å². The molecule has 1 atom stereocenters. The largest absolute Gasteiger partial charge is 0.507 e. The van der Waals surface area contributed by atoms with Crippen LogP contribution in [0.2, 0.25) is 10.0 Å². The van der Waals surface area contributed by atoms with Crippen LogP contribution in [0, 0.1) is 0 Å². The number of ketones is 1. The van der Waals surface area contributed by atoms with Crippen LogP contribution in [0.1, 0.15) is 17.2 Å². The van der Waals surface area contributed by atoms with Crippen molar-refractivity contribution in [3.63, 3.8) is 0 Å².